The second-order valence-corrected chi connectivity index (χ2v) is 2.69. The van der Waals surface area contributed by atoms with Crippen LogP contribution in [-0.2, 0) is 11.2 Å². The molecule has 0 aliphatic rings. The Balaban J connectivity index is 3.20. The lowest BCUT2D eigenvalue weighted by molar-refractivity contribution is -0.136. The first kappa shape index (κ1) is 9.31. The molecule has 1 heterocycles. The highest BCUT2D eigenvalue weighted by atomic mass is 16.4. The van der Waals surface area contributed by atoms with Crippen LogP contribution in [0.25, 0.3) is 0 Å². The number of rotatable bonds is 2. The molecule has 5 heteroatoms. The van der Waals surface area contributed by atoms with Gasteiger partial charge in [0, 0.05) is 17.3 Å². The Morgan fingerprint density at radius 1 is 1.62 bits per heavy atom. The predicted molar refractivity (Wildman–Crippen MR) is 44.8 cm³/mol. The van der Waals surface area contributed by atoms with Crippen molar-refractivity contribution in [2.45, 2.75) is 13.3 Å². The molecule has 70 valence electrons. The van der Waals surface area contributed by atoms with Crippen LogP contribution in [-0.4, -0.2) is 21.2 Å². The van der Waals surface area contributed by atoms with E-state index in [1.165, 1.54) is 0 Å². The molecule has 0 spiro atoms. The maximum Gasteiger partial charge on any atom is 0.309 e. The molecule has 3 N–H and O–H groups in total. The van der Waals surface area contributed by atoms with Gasteiger partial charge < -0.3 is 15.2 Å². The van der Waals surface area contributed by atoms with Gasteiger partial charge in [-0.05, 0) is 6.92 Å². The number of carboxylic acids is 1. The van der Waals surface area contributed by atoms with E-state index in [9.17, 15) is 14.7 Å². The van der Waals surface area contributed by atoms with Crippen LogP contribution in [0, 0.1) is 6.92 Å². The Kier molecular flexibility index (Phi) is 2.36. The lowest BCUT2D eigenvalue weighted by atomic mass is 10.1. The fourth-order valence-corrected chi connectivity index (χ4v) is 0.994. The normalized spacial score (nSPS) is 9.92. The second-order valence-electron chi connectivity index (χ2n) is 2.69. The highest BCUT2D eigenvalue weighted by Crippen LogP contribution is 2.15. The zero-order valence-electron chi connectivity index (χ0n) is 7.00. The number of aromatic nitrogens is 1. The first-order chi connectivity index (χ1) is 6.00. The van der Waals surface area contributed by atoms with Crippen LogP contribution in [0.5, 0.6) is 5.75 Å². The summed E-state index contributed by atoms with van der Waals surface area (Å²) in [4.78, 5) is 23.5. The van der Waals surface area contributed by atoms with Gasteiger partial charge in [0.2, 0.25) is 0 Å². The van der Waals surface area contributed by atoms with Crippen molar-refractivity contribution < 1.29 is 15.0 Å². The molecule has 0 atom stereocenters. The van der Waals surface area contributed by atoms with Crippen molar-refractivity contribution in [3.05, 3.63) is 27.7 Å². The van der Waals surface area contributed by atoms with Crippen molar-refractivity contribution in [2.75, 3.05) is 0 Å². The zero-order chi connectivity index (χ0) is 10.0. The Bertz CT molecular complexity index is 394. The molecule has 0 aliphatic carbocycles. The summed E-state index contributed by atoms with van der Waals surface area (Å²) in [6.07, 6.45) is -0.296. The van der Waals surface area contributed by atoms with E-state index >= 15 is 0 Å². The van der Waals surface area contributed by atoms with Crippen LogP contribution in [0.3, 0.4) is 0 Å². The van der Waals surface area contributed by atoms with E-state index in [1.807, 2.05) is 0 Å². The summed E-state index contributed by atoms with van der Waals surface area (Å²) >= 11 is 0. The highest BCUT2D eigenvalue weighted by molar-refractivity contribution is 5.70. The molecule has 0 fully saturated rings. The van der Waals surface area contributed by atoms with Crippen LogP contribution in [0.4, 0.5) is 0 Å². The number of pyridine rings is 1. The molecule has 0 aromatic carbocycles. The van der Waals surface area contributed by atoms with Crippen LogP contribution in [0.15, 0.2) is 10.9 Å². The van der Waals surface area contributed by atoms with Gasteiger partial charge >= 0.3 is 5.97 Å². The third-order valence-corrected chi connectivity index (χ3v) is 1.71. The molecule has 0 aliphatic heterocycles. The van der Waals surface area contributed by atoms with Crippen molar-refractivity contribution in [3.63, 3.8) is 0 Å². The smallest absolute Gasteiger partial charge is 0.309 e. The molecule has 0 radical (unpaired) electrons. The molecule has 0 amide bonds. The Morgan fingerprint density at radius 3 is 2.77 bits per heavy atom. The summed E-state index contributed by atoms with van der Waals surface area (Å²) in [5.41, 5.74) is 0.124. The minimum atomic E-state index is -1.05. The summed E-state index contributed by atoms with van der Waals surface area (Å²) in [6.45, 7) is 1.55. The number of carboxylic acid groups (broad SMARTS) is 1. The van der Waals surface area contributed by atoms with Crippen LogP contribution in [0.2, 0.25) is 0 Å². The lowest BCUT2D eigenvalue weighted by Gasteiger charge is -2.03. The fourth-order valence-electron chi connectivity index (χ4n) is 0.994. The zero-order valence-corrected chi connectivity index (χ0v) is 7.00. The van der Waals surface area contributed by atoms with Gasteiger partial charge in [0.15, 0.2) is 0 Å². The molecular formula is C8H9NO4. The van der Waals surface area contributed by atoms with E-state index in [2.05, 4.69) is 4.98 Å². The van der Waals surface area contributed by atoms with Crippen LogP contribution < -0.4 is 5.56 Å². The van der Waals surface area contributed by atoms with Crippen molar-refractivity contribution >= 4 is 5.97 Å². The summed E-state index contributed by atoms with van der Waals surface area (Å²) in [7, 11) is 0. The topological polar surface area (TPSA) is 90.4 Å². The van der Waals surface area contributed by atoms with Gasteiger partial charge in [-0.2, -0.15) is 0 Å². The van der Waals surface area contributed by atoms with E-state index in [0.717, 1.165) is 6.07 Å². The molecule has 0 unspecified atom stereocenters. The van der Waals surface area contributed by atoms with Crippen molar-refractivity contribution in [1.82, 2.24) is 4.98 Å². The fraction of sp³-hybridized carbons (Fsp3) is 0.250. The van der Waals surface area contributed by atoms with Gasteiger partial charge in [-0.1, -0.05) is 0 Å². The summed E-state index contributed by atoms with van der Waals surface area (Å²) in [5.74, 6) is -1.23. The monoisotopic (exact) mass is 183 g/mol. The third kappa shape index (κ3) is 2.08. The molecule has 1 aromatic rings. The van der Waals surface area contributed by atoms with Crippen molar-refractivity contribution in [1.29, 1.82) is 0 Å². The maximum atomic E-state index is 10.8. The molecular weight excluding hydrogens is 174 g/mol. The average Bonchev–Trinajstić information content (AvgIpc) is 1.98. The number of aromatic amines is 1. The van der Waals surface area contributed by atoms with Crippen LogP contribution >= 0.6 is 0 Å². The van der Waals surface area contributed by atoms with E-state index < -0.39 is 11.5 Å². The first-order valence-corrected chi connectivity index (χ1v) is 3.64. The number of hydrogen-bond acceptors (Lipinski definition) is 3. The Morgan fingerprint density at radius 2 is 2.23 bits per heavy atom. The number of H-pyrrole nitrogens is 1. The maximum absolute atomic E-state index is 10.8. The predicted octanol–water partition coefficient (Wildman–Crippen LogP) is 0.0160. The molecule has 5 nitrogen and oxygen atoms in total. The number of carbonyl (C=O) groups is 1. The van der Waals surface area contributed by atoms with Gasteiger partial charge in [-0.3, -0.25) is 9.59 Å². The van der Waals surface area contributed by atoms with E-state index in [1.54, 1.807) is 6.92 Å². The quantitative estimate of drug-likeness (QED) is 0.602. The van der Waals surface area contributed by atoms with Gasteiger partial charge in [0.05, 0.1) is 6.42 Å². The van der Waals surface area contributed by atoms with E-state index in [0.29, 0.717) is 5.56 Å². The SMILES string of the molecule is Cc1c(O)cc(=O)[nH]c1CC(=O)O. The Labute approximate surface area is 73.7 Å². The minimum absolute atomic E-state index is 0.181. The largest absolute Gasteiger partial charge is 0.507 e. The van der Waals surface area contributed by atoms with Gasteiger partial charge in [0.1, 0.15) is 5.75 Å². The molecule has 0 bridgehead atoms. The molecule has 1 aromatic heterocycles. The van der Waals surface area contributed by atoms with Gasteiger partial charge in [-0.15, -0.1) is 0 Å². The summed E-state index contributed by atoms with van der Waals surface area (Å²) in [5, 5.41) is 17.7. The number of hydrogen-bond donors (Lipinski definition) is 3. The standard InChI is InChI=1S/C8H9NO4/c1-4-5(2-8(12)13)9-7(11)3-6(4)10/h3H,2H2,1H3,(H,12,13)(H2,9,10,11). The average molecular weight is 183 g/mol. The number of aromatic hydroxyl groups is 1. The van der Waals surface area contributed by atoms with Crippen molar-refractivity contribution in [2.24, 2.45) is 0 Å². The molecule has 13 heavy (non-hydrogen) atoms. The lowest BCUT2D eigenvalue weighted by Crippen LogP contribution is -2.12. The highest BCUT2D eigenvalue weighted by Gasteiger charge is 2.08. The molecule has 1 rings (SSSR count). The minimum Gasteiger partial charge on any atom is -0.507 e. The molecule has 0 saturated carbocycles. The second kappa shape index (κ2) is 3.30. The van der Waals surface area contributed by atoms with Crippen molar-refractivity contribution in [3.8, 4) is 5.75 Å². The number of nitrogens with one attached hydrogen (secondary N) is 1. The summed E-state index contributed by atoms with van der Waals surface area (Å²) < 4.78 is 0. The first-order valence-electron chi connectivity index (χ1n) is 3.64. The Hall–Kier alpha value is -1.78. The molecule has 0 saturated heterocycles. The third-order valence-electron chi connectivity index (χ3n) is 1.71. The van der Waals surface area contributed by atoms with Gasteiger partial charge in [-0.25, -0.2) is 0 Å². The van der Waals surface area contributed by atoms with E-state index in [4.69, 9.17) is 5.11 Å². The van der Waals surface area contributed by atoms with Crippen LogP contribution in [0.1, 0.15) is 11.3 Å². The number of aliphatic carboxylic acids is 1. The summed E-state index contributed by atoms with van der Waals surface area (Å²) in [6, 6.07) is 1.01. The van der Waals surface area contributed by atoms with E-state index in [-0.39, 0.29) is 17.9 Å². The van der Waals surface area contributed by atoms with Gasteiger partial charge in [0.25, 0.3) is 5.56 Å².